The summed E-state index contributed by atoms with van der Waals surface area (Å²) >= 11 is 0. The van der Waals surface area contributed by atoms with Gasteiger partial charge in [0.2, 0.25) is 0 Å². The van der Waals surface area contributed by atoms with E-state index >= 15 is 0 Å². The minimum atomic E-state index is -2.82. The molecule has 0 aromatic heterocycles. The molecule has 1 saturated carbocycles. The van der Waals surface area contributed by atoms with Crippen molar-refractivity contribution in [3.8, 4) is 0 Å². The fraction of sp³-hybridized carbons (Fsp3) is 1.00. The zero-order chi connectivity index (χ0) is 10.6. The van der Waals surface area contributed by atoms with Gasteiger partial charge in [0.05, 0.1) is 5.75 Å². The van der Waals surface area contributed by atoms with Crippen LogP contribution >= 0.6 is 0 Å². The standard InChI is InChI=1S/C10H21NO2S/c1-2-14(12,13)8-7-10(11)9-5-3-4-6-9/h9-10H,2-8,11H2,1H3. The van der Waals surface area contributed by atoms with Crippen molar-refractivity contribution in [2.24, 2.45) is 11.7 Å². The minimum absolute atomic E-state index is 0.0961. The zero-order valence-electron chi connectivity index (χ0n) is 8.91. The predicted molar refractivity (Wildman–Crippen MR) is 58.9 cm³/mol. The summed E-state index contributed by atoms with van der Waals surface area (Å²) in [6, 6.07) is 0.0961. The third kappa shape index (κ3) is 3.58. The van der Waals surface area contributed by atoms with Gasteiger partial charge in [-0.2, -0.15) is 0 Å². The first-order valence-electron chi connectivity index (χ1n) is 5.51. The van der Waals surface area contributed by atoms with Gasteiger partial charge in [-0.3, -0.25) is 0 Å². The maximum Gasteiger partial charge on any atom is 0.150 e. The highest BCUT2D eigenvalue weighted by atomic mass is 32.2. The van der Waals surface area contributed by atoms with Crippen LogP contribution in [0.3, 0.4) is 0 Å². The Kier molecular flexibility index (Phi) is 4.38. The maximum atomic E-state index is 11.3. The monoisotopic (exact) mass is 219 g/mol. The summed E-state index contributed by atoms with van der Waals surface area (Å²) in [6.07, 6.45) is 5.54. The lowest BCUT2D eigenvalue weighted by molar-refractivity contribution is 0.421. The predicted octanol–water partition coefficient (Wildman–Crippen LogP) is 1.33. The minimum Gasteiger partial charge on any atom is -0.327 e. The van der Waals surface area contributed by atoms with Gasteiger partial charge in [0.1, 0.15) is 9.84 Å². The van der Waals surface area contributed by atoms with Crippen LogP contribution in [0, 0.1) is 5.92 Å². The molecule has 0 saturated heterocycles. The van der Waals surface area contributed by atoms with E-state index in [2.05, 4.69) is 0 Å². The Hall–Kier alpha value is -0.0900. The SMILES string of the molecule is CCS(=O)(=O)CCC(N)C1CCCC1. The summed E-state index contributed by atoms with van der Waals surface area (Å²) in [5, 5.41) is 0. The van der Waals surface area contributed by atoms with Gasteiger partial charge in [0, 0.05) is 11.8 Å². The molecule has 3 nitrogen and oxygen atoms in total. The van der Waals surface area contributed by atoms with Gasteiger partial charge in [-0.1, -0.05) is 19.8 Å². The number of hydrogen-bond donors (Lipinski definition) is 1. The van der Waals surface area contributed by atoms with Crippen LogP contribution in [0.25, 0.3) is 0 Å². The van der Waals surface area contributed by atoms with Crippen LogP contribution < -0.4 is 5.73 Å². The summed E-state index contributed by atoms with van der Waals surface area (Å²) in [4.78, 5) is 0. The summed E-state index contributed by atoms with van der Waals surface area (Å²) in [6.45, 7) is 1.69. The van der Waals surface area contributed by atoms with E-state index in [9.17, 15) is 8.42 Å². The van der Waals surface area contributed by atoms with Crippen LogP contribution in [0.2, 0.25) is 0 Å². The average Bonchev–Trinajstić information content (AvgIpc) is 2.67. The van der Waals surface area contributed by atoms with Crippen LogP contribution in [0.15, 0.2) is 0 Å². The molecule has 4 heteroatoms. The summed E-state index contributed by atoms with van der Waals surface area (Å²) < 4.78 is 22.5. The lowest BCUT2D eigenvalue weighted by Gasteiger charge is -2.18. The molecule has 1 aliphatic rings. The fourth-order valence-electron chi connectivity index (χ4n) is 2.08. The van der Waals surface area contributed by atoms with E-state index in [0.717, 1.165) is 0 Å². The van der Waals surface area contributed by atoms with Crippen molar-refractivity contribution in [3.63, 3.8) is 0 Å². The zero-order valence-corrected chi connectivity index (χ0v) is 9.72. The molecule has 0 spiro atoms. The fourth-order valence-corrected chi connectivity index (χ4v) is 3.00. The van der Waals surface area contributed by atoms with Crippen molar-refractivity contribution >= 4 is 9.84 Å². The van der Waals surface area contributed by atoms with Crippen molar-refractivity contribution in [3.05, 3.63) is 0 Å². The first-order valence-corrected chi connectivity index (χ1v) is 7.33. The molecule has 1 atom stereocenters. The molecule has 0 amide bonds. The van der Waals surface area contributed by atoms with Gasteiger partial charge in [-0.15, -0.1) is 0 Å². The second kappa shape index (κ2) is 5.12. The number of hydrogen-bond acceptors (Lipinski definition) is 3. The van der Waals surface area contributed by atoms with Crippen LogP contribution in [0.4, 0.5) is 0 Å². The van der Waals surface area contributed by atoms with Gasteiger partial charge in [-0.05, 0) is 25.2 Å². The Bertz CT molecular complexity index is 255. The lowest BCUT2D eigenvalue weighted by Crippen LogP contribution is -2.31. The molecular formula is C10H21NO2S. The summed E-state index contributed by atoms with van der Waals surface area (Å²) in [5.74, 6) is 1.08. The third-order valence-electron chi connectivity index (χ3n) is 3.21. The molecule has 0 bridgehead atoms. The van der Waals surface area contributed by atoms with E-state index in [0.29, 0.717) is 12.3 Å². The van der Waals surface area contributed by atoms with Gasteiger partial charge < -0.3 is 5.73 Å². The molecule has 0 aliphatic heterocycles. The highest BCUT2D eigenvalue weighted by molar-refractivity contribution is 7.91. The topological polar surface area (TPSA) is 60.2 Å². The number of rotatable bonds is 5. The van der Waals surface area contributed by atoms with Crippen LogP contribution in [-0.2, 0) is 9.84 Å². The summed E-state index contributed by atoms with van der Waals surface area (Å²) in [5.41, 5.74) is 5.98. The smallest absolute Gasteiger partial charge is 0.150 e. The highest BCUT2D eigenvalue weighted by Gasteiger charge is 2.23. The molecule has 14 heavy (non-hydrogen) atoms. The van der Waals surface area contributed by atoms with Gasteiger partial charge in [-0.25, -0.2) is 8.42 Å². The van der Waals surface area contributed by atoms with Gasteiger partial charge >= 0.3 is 0 Å². The van der Waals surface area contributed by atoms with Crippen LogP contribution in [0.5, 0.6) is 0 Å². The molecule has 2 N–H and O–H groups in total. The van der Waals surface area contributed by atoms with Gasteiger partial charge in [0.15, 0.2) is 0 Å². The van der Waals surface area contributed by atoms with Crippen molar-refractivity contribution in [2.75, 3.05) is 11.5 Å². The molecule has 1 rings (SSSR count). The lowest BCUT2D eigenvalue weighted by atomic mass is 9.97. The van der Waals surface area contributed by atoms with Crippen molar-refractivity contribution in [1.82, 2.24) is 0 Å². The first kappa shape index (κ1) is 12.0. The summed E-state index contributed by atoms with van der Waals surface area (Å²) in [7, 11) is -2.82. The first-order chi connectivity index (χ1) is 6.55. The Morgan fingerprint density at radius 2 is 1.93 bits per heavy atom. The van der Waals surface area contributed by atoms with Crippen molar-refractivity contribution in [2.45, 2.75) is 45.1 Å². The highest BCUT2D eigenvalue weighted by Crippen LogP contribution is 2.28. The quantitative estimate of drug-likeness (QED) is 0.759. The van der Waals surface area contributed by atoms with Crippen molar-refractivity contribution < 1.29 is 8.42 Å². The largest absolute Gasteiger partial charge is 0.327 e. The van der Waals surface area contributed by atoms with Crippen LogP contribution in [-0.4, -0.2) is 26.0 Å². The Morgan fingerprint density at radius 1 is 1.36 bits per heavy atom. The van der Waals surface area contributed by atoms with Gasteiger partial charge in [0.25, 0.3) is 0 Å². The molecular weight excluding hydrogens is 198 g/mol. The Morgan fingerprint density at radius 3 is 2.43 bits per heavy atom. The van der Waals surface area contributed by atoms with Crippen LogP contribution in [0.1, 0.15) is 39.0 Å². The van der Waals surface area contributed by atoms with E-state index in [4.69, 9.17) is 5.73 Å². The van der Waals surface area contributed by atoms with E-state index in [-0.39, 0.29) is 17.5 Å². The molecule has 0 heterocycles. The molecule has 84 valence electrons. The molecule has 0 aromatic rings. The van der Waals surface area contributed by atoms with E-state index in [1.165, 1.54) is 25.7 Å². The van der Waals surface area contributed by atoms with E-state index in [1.54, 1.807) is 6.92 Å². The third-order valence-corrected chi connectivity index (χ3v) is 4.94. The molecule has 0 aromatic carbocycles. The second-order valence-electron chi connectivity index (χ2n) is 4.23. The van der Waals surface area contributed by atoms with Crippen molar-refractivity contribution in [1.29, 1.82) is 0 Å². The number of sulfone groups is 1. The molecule has 1 aliphatic carbocycles. The van der Waals surface area contributed by atoms with E-state index in [1.807, 2.05) is 0 Å². The maximum absolute atomic E-state index is 11.3. The Labute approximate surface area is 87.0 Å². The molecule has 1 fully saturated rings. The normalized spacial score (nSPS) is 21.3. The average molecular weight is 219 g/mol. The van der Waals surface area contributed by atoms with E-state index < -0.39 is 9.84 Å². The molecule has 0 radical (unpaired) electrons. The molecule has 1 unspecified atom stereocenters. The second-order valence-corrected chi connectivity index (χ2v) is 6.71. The number of nitrogens with two attached hydrogens (primary N) is 1. The Balaban J connectivity index is 2.30.